The van der Waals surface area contributed by atoms with Crippen LogP contribution in [0.2, 0.25) is 0 Å². The van der Waals surface area contributed by atoms with Crippen LogP contribution < -0.4 is 21.9 Å². The second-order valence-electron chi connectivity index (χ2n) is 6.80. The summed E-state index contributed by atoms with van der Waals surface area (Å²) in [5, 5.41) is 12.8. The van der Waals surface area contributed by atoms with Crippen LogP contribution >= 0.6 is 0 Å². The summed E-state index contributed by atoms with van der Waals surface area (Å²) in [4.78, 5) is 24.0. The SMILES string of the molecule is CCC(C)(C)Nc1c(C(N)c2cc3cc(C#N)ccc3o2)c(=O)c1=O. The normalized spacial score (nSPS) is 13.1. The minimum Gasteiger partial charge on any atom is -0.459 e. The van der Waals surface area contributed by atoms with Gasteiger partial charge < -0.3 is 15.5 Å². The van der Waals surface area contributed by atoms with Crippen molar-refractivity contribution in [1.29, 1.82) is 5.26 Å². The molecule has 3 rings (SSSR count). The summed E-state index contributed by atoms with van der Waals surface area (Å²) in [7, 11) is 0. The van der Waals surface area contributed by atoms with Crippen molar-refractivity contribution >= 4 is 16.7 Å². The van der Waals surface area contributed by atoms with Gasteiger partial charge >= 0.3 is 0 Å². The smallest absolute Gasteiger partial charge is 0.249 e. The van der Waals surface area contributed by atoms with E-state index in [1.165, 1.54) is 0 Å². The van der Waals surface area contributed by atoms with Crippen LogP contribution in [0.15, 0.2) is 38.3 Å². The first-order valence-corrected chi connectivity index (χ1v) is 8.08. The maximum Gasteiger partial charge on any atom is 0.249 e. The van der Waals surface area contributed by atoms with E-state index in [4.69, 9.17) is 15.4 Å². The fraction of sp³-hybridized carbons (Fsp3) is 0.316. The van der Waals surface area contributed by atoms with E-state index in [1.807, 2.05) is 20.8 Å². The number of nitrogens with zero attached hydrogens (tertiary/aromatic N) is 1. The Morgan fingerprint density at radius 3 is 2.64 bits per heavy atom. The standard InChI is InChI=1S/C19H19N3O3/c1-4-19(2,3)22-16-14(17(23)18(16)24)15(21)13-8-11-7-10(9-20)5-6-12(11)25-13/h5-8,15,22H,4,21H2,1-3H3. The van der Waals surface area contributed by atoms with Gasteiger partial charge in [-0.15, -0.1) is 0 Å². The number of furan rings is 1. The van der Waals surface area contributed by atoms with Gasteiger partial charge in [0.1, 0.15) is 11.3 Å². The Hall–Kier alpha value is -2.91. The third-order valence-electron chi connectivity index (χ3n) is 4.58. The second-order valence-corrected chi connectivity index (χ2v) is 6.80. The summed E-state index contributed by atoms with van der Waals surface area (Å²) in [5.41, 5.74) is 6.34. The highest BCUT2D eigenvalue weighted by Crippen LogP contribution is 2.30. The highest BCUT2D eigenvalue weighted by molar-refractivity contribution is 5.80. The van der Waals surface area contributed by atoms with Gasteiger partial charge in [0.15, 0.2) is 0 Å². The highest BCUT2D eigenvalue weighted by atomic mass is 16.3. The van der Waals surface area contributed by atoms with Gasteiger partial charge in [0.05, 0.1) is 28.9 Å². The van der Waals surface area contributed by atoms with E-state index in [-0.39, 0.29) is 16.8 Å². The molecule has 25 heavy (non-hydrogen) atoms. The minimum absolute atomic E-state index is 0.242. The molecule has 0 amide bonds. The van der Waals surface area contributed by atoms with Crippen LogP contribution in [0.1, 0.15) is 50.1 Å². The van der Waals surface area contributed by atoms with E-state index in [2.05, 4.69) is 11.4 Å². The van der Waals surface area contributed by atoms with Gasteiger partial charge in [0.2, 0.25) is 10.9 Å². The molecule has 0 fully saturated rings. The molecule has 1 heterocycles. The summed E-state index contributed by atoms with van der Waals surface area (Å²) in [6.07, 6.45) is 0.780. The predicted octanol–water partition coefficient (Wildman–Crippen LogP) is 2.55. The molecule has 2 aromatic carbocycles. The van der Waals surface area contributed by atoms with Gasteiger partial charge in [0, 0.05) is 10.9 Å². The summed E-state index contributed by atoms with van der Waals surface area (Å²) >= 11 is 0. The predicted molar refractivity (Wildman–Crippen MR) is 96.3 cm³/mol. The first kappa shape index (κ1) is 16.9. The van der Waals surface area contributed by atoms with Crippen LogP contribution in [-0.2, 0) is 0 Å². The van der Waals surface area contributed by atoms with Crippen LogP contribution in [0.25, 0.3) is 11.0 Å². The van der Waals surface area contributed by atoms with Crippen molar-refractivity contribution in [2.75, 3.05) is 5.32 Å². The van der Waals surface area contributed by atoms with Crippen molar-refractivity contribution in [3.8, 4) is 6.07 Å². The largest absolute Gasteiger partial charge is 0.459 e. The molecule has 3 N–H and O–H groups in total. The molecule has 1 unspecified atom stereocenters. The van der Waals surface area contributed by atoms with Gasteiger partial charge in [0.25, 0.3) is 0 Å². The van der Waals surface area contributed by atoms with E-state index >= 15 is 0 Å². The molecule has 0 radical (unpaired) electrons. The monoisotopic (exact) mass is 337 g/mol. The van der Waals surface area contributed by atoms with E-state index < -0.39 is 16.9 Å². The number of nitriles is 1. The quantitative estimate of drug-likeness (QED) is 0.693. The number of rotatable bonds is 5. The zero-order valence-corrected chi connectivity index (χ0v) is 14.3. The molecule has 6 heteroatoms. The van der Waals surface area contributed by atoms with Gasteiger partial charge in [-0.05, 0) is 44.5 Å². The molecule has 6 nitrogen and oxygen atoms in total. The maximum atomic E-state index is 12.1. The molecule has 3 aromatic rings. The van der Waals surface area contributed by atoms with Crippen molar-refractivity contribution in [3.63, 3.8) is 0 Å². The van der Waals surface area contributed by atoms with Gasteiger partial charge in [-0.25, -0.2) is 0 Å². The third-order valence-corrected chi connectivity index (χ3v) is 4.58. The molecule has 0 saturated carbocycles. The van der Waals surface area contributed by atoms with Crippen LogP contribution in [-0.4, -0.2) is 5.54 Å². The van der Waals surface area contributed by atoms with Crippen molar-refractivity contribution in [2.45, 2.75) is 38.8 Å². The fourth-order valence-corrected chi connectivity index (χ4v) is 2.69. The Morgan fingerprint density at radius 1 is 1.28 bits per heavy atom. The lowest BCUT2D eigenvalue weighted by Gasteiger charge is -2.28. The van der Waals surface area contributed by atoms with Crippen LogP contribution in [0, 0.1) is 11.3 Å². The average molecular weight is 337 g/mol. The number of hydrogen-bond acceptors (Lipinski definition) is 6. The van der Waals surface area contributed by atoms with Gasteiger partial charge in [-0.1, -0.05) is 6.92 Å². The van der Waals surface area contributed by atoms with E-state index in [0.29, 0.717) is 16.9 Å². The number of hydrogen-bond donors (Lipinski definition) is 2. The Morgan fingerprint density at radius 2 is 2.00 bits per heavy atom. The Bertz CT molecular complexity index is 1060. The summed E-state index contributed by atoms with van der Waals surface area (Å²) in [6, 6.07) is 7.95. The zero-order chi connectivity index (χ0) is 18.4. The molecular formula is C19H19N3O3. The molecule has 0 aliphatic heterocycles. The van der Waals surface area contributed by atoms with Crippen LogP contribution in [0.5, 0.6) is 0 Å². The topological polar surface area (TPSA) is 109 Å². The molecule has 1 aromatic heterocycles. The molecule has 0 aliphatic rings. The summed E-state index contributed by atoms with van der Waals surface area (Å²) in [6.45, 7) is 5.89. The lowest BCUT2D eigenvalue weighted by molar-refractivity contribution is 0.518. The number of fused-ring (bicyclic) bond motifs is 1. The Balaban J connectivity index is 2.01. The molecule has 0 aliphatic carbocycles. The van der Waals surface area contributed by atoms with E-state index in [9.17, 15) is 9.59 Å². The molecule has 0 spiro atoms. The van der Waals surface area contributed by atoms with E-state index in [0.717, 1.165) is 11.8 Å². The number of nitrogens with two attached hydrogens (primary N) is 1. The zero-order valence-electron chi connectivity index (χ0n) is 14.3. The van der Waals surface area contributed by atoms with Crippen molar-refractivity contribution in [2.24, 2.45) is 5.73 Å². The first-order chi connectivity index (χ1) is 11.8. The van der Waals surface area contributed by atoms with Crippen molar-refractivity contribution in [1.82, 2.24) is 0 Å². The molecule has 1 atom stereocenters. The Labute approximate surface area is 144 Å². The molecule has 0 bridgehead atoms. The number of nitrogens with one attached hydrogen (secondary N) is 1. The summed E-state index contributed by atoms with van der Waals surface area (Å²) < 4.78 is 5.71. The summed E-state index contributed by atoms with van der Waals surface area (Å²) in [5.74, 6) is 0.384. The lowest BCUT2D eigenvalue weighted by Crippen LogP contribution is -2.45. The minimum atomic E-state index is -0.835. The maximum absolute atomic E-state index is 12.1. The number of anilines is 1. The van der Waals surface area contributed by atoms with Crippen molar-refractivity contribution < 1.29 is 4.42 Å². The fourth-order valence-electron chi connectivity index (χ4n) is 2.69. The molecular weight excluding hydrogens is 318 g/mol. The van der Waals surface area contributed by atoms with Gasteiger partial charge in [-0.3, -0.25) is 9.59 Å². The lowest BCUT2D eigenvalue weighted by atomic mass is 9.94. The molecule has 128 valence electrons. The van der Waals surface area contributed by atoms with Crippen molar-refractivity contribution in [3.05, 3.63) is 61.6 Å². The van der Waals surface area contributed by atoms with Gasteiger partial charge in [-0.2, -0.15) is 5.26 Å². The molecule has 0 saturated heterocycles. The number of benzene rings is 1. The highest BCUT2D eigenvalue weighted by Gasteiger charge is 2.31. The van der Waals surface area contributed by atoms with E-state index in [1.54, 1.807) is 24.3 Å². The van der Waals surface area contributed by atoms with Crippen LogP contribution in [0.4, 0.5) is 5.69 Å². The average Bonchev–Trinajstić information content (AvgIpc) is 3.03. The van der Waals surface area contributed by atoms with Crippen LogP contribution in [0.3, 0.4) is 0 Å². The third kappa shape index (κ3) is 2.83. The first-order valence-electron chi connectivity index (χ1n) is 8.08. The Kier molecular flexibility index (Phi) is 3.97. The second kappa shape index (κ2) is 5.87.